The summed E-state index contributed by atoms with van der Waals surface area (Å²) in [4.78, 5) is 2.08. The van der Waals surface area contributed by atoms with Crippen LogP contribution >= 0.6 is 0 Å². The van der Waals surface area contributed by atoms with Crippen LogP contribution in [0.2, 0.25) is 0 Å². The number of hydrogen-bond acceptors (Lipinski definition) is 4. The lowest BCUT2D eigenvalue weighted by atomic mass is 10.1. The molecule has 1 rings (SSSR count). The molecule has 0 aliphatic heterocycles. The fourth-order valence-electron chi connectivity index (χ4n) is 2.02. The van der Waals surface area contributed by atoms with Gasteiger partial charge in [0.25, 0.3) is 0 Å². The summed E-state index contributed by atoms with van der Waals surface area (Å²) in [6.45, 7) is 4.19. The number of nitrogen functional groups attached to an aromatic ring is 1. The molecule has 1 aromatic carbocycles. The van der Waals surface area contributed by atoms with Gasteiger partial charge in [-0.2, -0.15) is 0 Å². The van der Waals surface area contributed by atoms with Gasteiger partial charge >= 0.3 is 0 Å². The molecule has 18 heavy (non-hydrogen) atoms. The van der Waals surface area contributed by atoms with Crippen molar-refractivity contribution in [3.8, 4) is 0 Å². The lowest BCUT2D eigenvalue weighted by molar-refractivity contribution is 0.589. The molecule has 0 aromatic heterocycles. The number of sulfonamides is 1. The largest absolute Gasteiger partial charge is 0.399 e. The first-order valence-electron chi connectivity index (χ1n) is 5.95. The first-order chi connectivity index (χ1) is 8.29. The van der Waals surface area contributed by atoms with Crippen LogP contribution in [0.3, 0.4) is 0 Å². The van der Waals surface area contributed by atoms with Crippen LogP contribution in [0.25, 0.3) is 0 Å². The Morgan fingerprint density at radius 2 is 1.78 bits per heavy atom. The van der Waals surface area contributed by atoms with E-state index >= 15 is 0 Å². The molecule has 0 aliphatic carbocycles. The van der Waals surface area contributed by atoms with Crippen LogP contribution in [0.15, 0.2) is 23.1 Å². The Morgan fingerprint density at radius 1 is 1.22 bits per heavy atom. The molecule has 0 amide bonds. The van der Waals surface area contributed by atoms with Gasteiger partial charge in [0.05, 0.1) is 4.90 Å². The molecule has 0 fully saturated rings. The maximum atomic E-state index is 11.4. The molecule has 5 nitrogen and oxygen atoms in total. The van der Waals surface area contributed by atoms with E-state index in [1.165, 1.54) is 6.07 Å². The summed E-state index contributed by atoms with van der Waals surface area (Å²) in [7, 11) is -1.80. The standard InChI is InChI=1S/C12H21N3O2S/c1-4-10(5-2)15(3)11-6-9(13)7-12(8-11)18(14,16)17/h6-8,10H,4-5,13H2,1-3H3,(H2,14,16,17). The van der Waals surface area contributed by atoms with E-state index in [0.29, 0.717) is 11.7 Å². The molecular weight excluding hydrogens is 250 g/mol. The van der Waals surface area contributed by atoms with Gasteiger partial charge in [0.2, 0.25) is 10.0 Å². The highest BCUT2D eigenvalue weighted by molar-refractivity contribution is 7.89. The number of nitrogens with two attached hydrogens (primary N) is 2. The number of hydrogen-bond donors (Lipinski definition) is 2. The molecule has 0 heterocycles. The third-order valence-corrected chi connectivity index (χ3v) is 4.03. The van der Waals surface area contributed by atoms with Gasteiger partial charge in [-0.05, 0) is 31.0 Å². The Morgan fingerprint density at radius 3 is 2.22 bits per heavy atom. The van der Waals surface area contributed by atoms with Crippen LogP contribution < -0.4 is 15.8 Å². The minimum Gasteiger partial charge on any atom is -0.399 e. The predicted octanol–water partition coefficient (Wildman–Crippen LogP) is 1.54. The van der Waals surface area contributed by atoms with Crippen molar-refractivity contribution >= 4 is 21.4 Å². The minimum absolute atomic E-state index is 0.0512. The number of rotatable bonds is 5. The monoisotopic (exact) mass is 271 g/mol. The second kappa shape index (κ2) is 5.58. The zero-order chi connectivity index (χ0) is 13.9. The fraction of sp³-hybridized carbons (Fsp3) is 0.500. The SMILES string of the molecule is CCC(CC)N(C)c1cc(N)cc(S(N)(=O)=O)c1. The highest BCUT2D eigenvalue weighted by Gasteiger charge is 2.15. The van der Waals surface area contributed by atoms with Crippen molar-refractivity contribution in [3.63, 3.8) is 0 Å². The van der Waals surface area contributed by atoms with Crippen molar-refractivity contribution in [3.05, 3.63) is 18.2 Å². The maximum absolute atomic E-state index is 11.4. The van der Waals surface area contributed by atoms with Gasteiger partial charge < -0.3 is 10.6 Å². The molecule has 4 N–H and O–H groups in total. The lowest BCUT2D eigenvalue weighted by Crippen LogP contribution is -2.30. The molecule has 6 heteroatoms. The molecular formula is C12H21N3O2S. The molecule has 0 bridgehead atoms. The van der Waals surface area contributed by atoms with Gasteiger partial charge in [0.15, 0.2) is 0 Å². The van der Waals surface area contributed by atoms with Gasteiger partial charge in [-0.25, -0.2) is 13.6 Å². The second-order valence-corrected chi connectivity index (χ2v) is 5.95. The maximum Gasteiger partial charge on any atom is 0.238 e. The number of nitrogens with zero attached hydrogens (tertiary/aromatic N) is 1. The van der Waals surface area contributed by atoms with E-state index in [0.717, 1.165) is 18.5 Å². The third kappa shape index (κ3) is 3.36. The van der Waals surface area contributed by atoms with Crippen LogP contribution in [-0.2, 0) is 10.0 Å². The topological polar surface area (TPSA) is 89.4 Å². The van der Waals surface area contributed by atoms with Crippen molar-refractivity contribution in [2.75, 3.05) is 17.7 Å². The van der Waals surface area contributed by atoms with Crippen LogP contribution in [0, 0.1) is 0 Å². The van der Waals surface area contributed by atoms with Gasteiger partial charge in [0, 0.05) is 24.5 Å². The van der Waals surface area contributed by atoms with Crippen molar-refractivity contribution in [2.45, 2.75) is 37.6 Å². The zero-order valence-corrected chi connectivity index (χ0v) is 11.9. The Hall–Kier alpha value is -1.27. The van der Waals surface area contributed by atoms with Gasteiger partial charge in [-0.15, -0.1) is 0 Å². The minimum atomic E-state index is -3.73. The third-order valence-electron chi connectivity index (χ3n) is 3.14. The highest BCUT2D eigenvalue weighted by atomic mass is 32.2. The average molecular weight is 271 g/mol. The zero-order valence-electron chi connectivity index (χ0n) is 11.1. The van der Waals surface area contributed by atoms with Crippen LogP contribution in [0.5, 0.6) is 0 Å². The van der Waals surface area contributed by atoms with Gasteiger partial charge in [-0.3, -0.25) is 0 Å². The summed E-state index contributed by atoms with van der Waals surface area (Å²) in [5.74, 6) is 0. The Bertz CT molecular complexity index is 510. The van der Waals surface area contributed by atoms with Gasteiger partial charge in [-0.1, -0.05) is 13.8 Å². The van der Waals surface area contributed by atoms with Crippen molar-refractivity contribution in [2.24, 2.45) is 5.14 Å². The summed E-state index contributed by atoms with van der Waals surface area (Å²) in [5.41, 5.74) is 6.90. The molecule has 1 aromatic rings. The van der Waals surface area contributed by atoms with E-state index in [-0.39, 0.29) is 4.90 Å². The Labute approximate surface area is 109 Å². The molecule has 0 atom stereocenters. The van der Waals surface area contributed by atoms with E-state index in [9.17, 15) is 8.42 Å². The molecule has 0 aliphatic rings. The van der Waals surface area contributed by atoms with Crippen LogP contribution in [0.4, 0.5) is 11.4 Å². The molecule has 0 spiro atoms. The summed E-state index contributed by atoms with van der Waals surface area (Å²) in [6, 6.07) is 5.04. The summed E-state index contributed by atoms with van der Waals surface area (Å²) >= 11 is 0. The molecule has 0 saturated carbocycles. The first-order valence-corrected chi connectivity index (χ1v) is 7.50. The smallest absolute Gasteiger partial charge is 0.238 e. The average Bonchev–Trinajstić information content (AvgIpc) is 2.28. The van der Waals surface area contributed by atoms with E-state index in [2.05, 4.69) is 13.8 Å². The molecule has 102 valence electrons. The van der Waals surface area contributed by atoms with Crippen molar-refractivity contribution in [1.29, 1.82) is 0 Å². The van der Waals surface area contributed by atoms with E-state index in [1.807, 2.05) is 11.9 Å². The highest BCUT2D eigenvalue weighted by Crippen LogP contribution is 2.25. The molecule has 0 unspecified atom stereocenters. The lowest BCUT2D eigenvalue weighted by Gasteiger charge is -2.29. The summed E-state index contributed by atoms with van der Waals surface area (Å²) in [6.07, 6.45) is 1.96. The summed E-state index contributed by atoms with van der Waals surface area (Å²) < 4.78 is 22.7. The van der Waals surface area contributed by atoms with E-state index < -0.39 is 10.0 Å². The normalized spacial score (nSPS) is 11.8. The van der Waals surface area contributed by atoms with Crippen molar-refractivity contribution < 1.29 is 8.42 Å². The second-order valence-electron chi connectivity index (χ2n) is 4.39. The van der Waals surface area contributed by atoms with Crippen LogP contribution in [0.1, 0.15) is 26.7 Å². The Kier molecular flexibility index (Phi) is 4.59. The van der Waals surface area contributed by atoms with E-state index in [1.54, 1.807) is 12.1 Å². The van der Waals surface area contributed by atoms with E-state index in [4.69, 9.17) is 10.9 Å². The number of anilines is 2. The fourth-order valence-corrected chi connectivity index (χ4v) is 2.61. The Balaban J connectivity index is 3.22. The van der Waals surface area contributed by atoms with Crippen molar-refractivity contribution in [1.82, 2.24) is 0 Å². The molecule has 0 saturated heterocycles. The number of primary sulfonamides is 1. The first kappa shape index (κ1) is 14.8. The van der Waals surface area contributed by atoms with Crippen LogP contribution in [-0.4, -0.2) is 21.5 Å². The number of benzene rings is 1. The predicted molar refractivity (Wildman–Crippen MR) is 75.0 cm³/mol. The van der Waals surface area contributed by atoms with Gasteiger partial charge in [0.1, 0.15) is 0 Å². The summed E-state index contributed by atoms with van der Waals surface area (Å²) in [5, 5.41) is 5.13. The quantitative estimate of drug-likeness (QED) is 0.795. The molecule has 0 radical (unpaired) electrons.